The van der Waals surface area contributed by atoms with Crippen LogP contribution in [0, 0.1) is 0 Å². The lowest BCUT2D eigenvalue weighted by atomic mass is 10.1. The van der Waals surface area contributed by atoms with Gasteiger partial charge >= 0.3 is 0 Å². The van der Waals surface area contributed by atoms with E-state index in [2.05, 4.69) is 6.07 Å². The molecule has 4 radical (unpaired) electrons. The van der Waals surface area contributed by atoms with Gasteiger partial charge in [-0.25, -0.2) is 0 Å². The zero-order chi connectivity index (χ0) is 7.26. The van der Waals surface area contributed by atoms with E-state index in [0.29, 0.717) is 6.10 Å². The highest BCUT2D eigenvalue weighted by atomic mass is 28.1. The molecule has 1 aromatic carbocycles. The number of para-hydroxylation sites is 1. The van der Waals surface area contributed by atoms with Crippen molar-refractivity contribution >= 4 is 11.0 Å². The molecular formula is C9H8O2Si. The number of ether oxygens (including phenoxy) is 2. The van der Waals surface area contributed by atoms with Crippen LogP contribution in [0.15, 0.2) is 24.3 Å². The SMILES string of the molecule is [Si].c1ccc2c(c1)CC1OC1O2. The molecule has 2 atom stereocenters. The third kappa shape index (κ3) is 1.06. The molecule has 12 heavy (non-hydrogen) atoms. The van der Waals surface area contributed by atoms with Crippen LogP contribution in [-0.4, -0.2) is 23.4 Å². The summed E-state index contributed by atoms with van der Waals surface area (Å²) >= 11 is 0. The Labute approximate surface area is 75.5 Å². The standard InChI is InChI=1S/C9H8O2.Si/c1-2-4-7-6(3-1)5-8-9(10-7)11-8;/h1-4,8-9H,5H2;. The van der Waals surface area contributed by atoms with Crippen molar-refractivity contribution in [2.45, 2.75) is 18.8 Å². The quantitative estimate of drug-likeness (QED) is 0.434. The molecule has 0 N–H and O–H groups in total. The molecule has 0 bridgehead atoms. The first-order valence-corrected chi connectivity index (χ1v) is 3.83. The maximum absolute atomic E-state index is 5.48. The maximum atomic E-state index is 5.48. The number of hydrogen-bond acceptors (Lipinski definition) is 2. The fourth-order valence-electron chi connectivity index (χ4n) is 1.50. The van der Waals surface area contributed by atoms with Crippen LogP contribution in [0.4, 0.5) is 0 Å². The molecule has 0 spiro atoms. The average molecular weight is 176 g/mol. The van der Waals surface area contributed by atoms with Gasteiger partial charge in [0.1, 0.15) is 11.9 Å². The second-order valence-corrected chi connectivity index (χ2v) is 2.97. The predicted molar refractivity (Wildman–Crippen MR) is 45.2 cm³/mol. The van der Waals surface area contributed by atoms with E-state index in [1.807, 2.05) is 18.2 Å². The molecule has 1 saturated heterocycles. The molecule has 60 valence electrons. The van der Waals surface area contributed by atoms with Crippen LogP contribution in [0.25, 0.3) is 0 Å². The van der Waals surface area contributed by atoms with Crippen LogP contribution in [0.3, 0.4) is 0 Å². The summed E-state index contributed by atoms with van der Waals surface area (Å²) in [6.07, 6.45) is 1.41. The first-order valence-electron chi connectivity index (χ1n) is 3.83. The van der Waals surface area contributed by atoms with Gasteiger partial charge in [-0.15, -0.1) is 0 Å². The van der Waals surface area contributed by atoms with E-state index in [4.69, 9.17) is 9.47 Å². The minimum Gasteiger partial charge on any atom is -0.462 e. The molecule has 2 aliphatic heterocycles. The van der Waals surface area contributed by atoms with Crippen molar-refractivity contribution < 1.29 is 9.47 Å². The van der Waals surface area contributed by atoms with E-state index in [-0.39, 0.29) is 17.3 Å². The van der Waals surface area contributed by atoms with Crippen LogP contribution >= 0.6 is 0 Å². The van der Waals surface area contributed by atoms with Gasteiger partial charge < -0.3 is 9.47 Å². The fourth-order valence-corrected chi connectivity index (χ4v) is 1.50. The van der Waals surface area contributed by atoms with Crippen molar-refractivity contribution in [1.82, 2.24) is 0 Å². The molecule has 0 aliphatic carbocycles. The predicted octanol–water partition coefficient (Wildman–Crippen LogP) is 0.966. The van der Waals surface area contributed by atoms with Gasteiger partial charge in [0.05, 0.1) is 0 Å². The molecule has 1 aromatic rings. The molecule has 2 aliphatic rings. The highest BCUT2D eigenvalue weighted by Gasteiger charge is 2.45. The van der Waals surface area contributed by atoms with Crippen LogP contribution in [0.2, 0.25) is 0 Å². The van der Waals surface area contributed by atoms with Crippen molar-refractivity contribution in [1.29, 1.82) is 0 Å². The van der Waals surface area contributed by atoms with E-state index in [0.717, 1.165) is 12.2 Å². The summed E-state index contributed by atoms with van der Waals surface area (Å²) < 4.78 is 10.7. The number of hydrogen-bond donors (Lipinski definition) is 0. The Bertz CT molecular complexity index is 271. The minimum atomic E-state index is 0. The number of benzene rings is 1. The molecular weight excluding hydrogens is 168 g/mol. The van der Waals surface area contributed by atoms with Crippen molar-refractivity contribution in [2.75, 3.05) is 0 Å². The van der Waals surface area contributed by atoms with Gasteiger partial charge in [0, 0.05) is 17.4 Å². The normalized spacial score (nSPS) is 29.0. The molecule has 3 heteroatoms. The van der Waals surface area contributed by atoms with Crippen molar-refractivity contribution in [2.24, 2.45) is 0 Å². The number of rotatable bonds is 0. The smallest absolute Gasteiger partial charge is 0.227 e. The zero-order valence-electron chi connectivity index (χ0n) is 6.49. The van der Waals surface area contributed by atoms with Crippen LogP contribution in [-0.2, 0) is 11.2 Å². The van der Waals surface area contributed by atoms with Crippen molar-refractivity contribution in [3.8, 4) is 5.75 Å². The Kier molecular flexibility index (Phi) is 1.70. The summed E-state index contributed by atoms with van der Waals surface area (Å²) in [4.78, 5) is 0. The van der Waals surface area contributed by atoms with E-state index in [1.165, 1.54) is 5.56 Å². The second kappa shape index (κ2) is 2.60. The Hall–Kier alpha value is -0.803. The molecule has 0 aromatic heterocycles. The molecule has 0 saturated carbocycles. The van der Waals surface area contributed by atoms with Gasteiger partial charge in [0.15, 0.2) is 0 Å². The lowest BCUT2D eigenvalue weighted by Crippen LogP contribution is -2.12. The summed E-state index contributed by atoms with van der Waals surface area (Å²) in [7, 11) is 0. The lowest BCUT2D eigenvalue weighted by Gasteiger charge is -2.11. The minimum absolute atomic E-state index is 0. The largest absolute Gasteiger partial charge is 0.462 e. The Morgan fingerprint density at radius 1 is 1.25 bits per heavy atom. The molecule has 3 rings (SSSR count). The van der Waals surface area contributed by atoms with Crippen molar-refractivity contribution in [3.63, 3.8) is 0 Å². The third-order valence-electron chi connectivity index (χ3n) is 2.17. The van der Waals surface area contributed by atoms with E-state index < -0.39 is 0 Å². The Morgan fingerprint density at radius 2 is 2.08 bits per heavy atom. The Morgan fingerprint density at radius 3 is 3.00 bits per heavy atom. The number of epoxide rings is 1. The topological polar surface area (TPSA) is 21.8 Å². The van der Waals surface area contributed by atoms with Gasteiger partial charge in [-0.1, -0.05) is 18.2 Å². The van der Waals surface area contributed by atoms with E-state index >= 15 is 0 Å². The van der Waals surface area contributed by atoms with Gasteiger partial charge in [-0.2, -0.15) is 0 Å². The summed E-state index contributed by atoms with van der Waals surface area (Å²) in [6.45, 7) is 0. The number of fused-ring (bicyclic) bond motifs is 2. The first kappa shape index (κ1) is 7.83. The van der Waals surface area contributed by atoms with Gasteiger partial charge in [-0.3, -0.25) is 0 Å². The second-order valence-electron chi connectivity index (χ2n) is 2.97. The molecule has 1 fully saturated rings. The lowest BCUT2D eigenvalue weighted by molar-refractivity contribution is 0.179. The highest BCUT2D eigenvalue weighted by Crippen LogP contribution is 2.37. The van der Waals surface area contributed by atoms with Gasteiger partial charge in [0.25, 0.3) is 0 Å². The molecule has 2 unspecified atom stereocenters. The van der Waals surface area contributed by atoms with E-state index in [1.54, 1.807) is 0 Å². The fraction of sp³-hybridized carbons (Fsp3) is 0.333. The maximum Gasteiger partial charge on any atom is 0.227 e. The first-order chi connectivity index (χ1) is 5.43. The zero-order valence-corrected chi connectivity index (χ0v) is 7.49. The summed E-state index contributed by atoms with van der Waals surface area (Å²) in [5.74, 6) is 0.992. The van der Waals surface area contributed by atoms with Gasteiger partial charge in [-0.05, 0) is 11.6 Å². The van der Waals surface area contributed by atoms with Crippen LogP contribution < -0.4 is 4.74 Å². The summed E-state index contributed by atoms with van der Waals surface area (Å²) in [6, 6.07) is 8.10. The van der Waals surface area contributed by atoms with E-state index in [9.17, 15) is 0 Å². The summed E-state index contributed by atoms with van der Waals surface area (Å²) in [5.41, 5.74) is 1.27. The molecule has 0 amide bonds. The molecule has 2 nitrogen and oxygen atoms in total. The molecule has 2 heterocycles. The van der Waals surface area contributed by atoms with Crippen molar-refractivity contribution in [3.05, 3.63) is 29.8 Å². The average Bonchev–Trinajstić information content (AvgIpc) is 2.77. The summed E-state index contributed by atoms with van der Waals surface area (Å²) in [5, 5.41) is 0. The van der Waals surface area contributed by atoms with Crippen LogP contribution in [0.5, 0.6) is 5.75 Å². The Balaban J connectivity index is 0.000000563. The monoisotopic (exact) mass is 176 g/mol. The van der Waals surface area contributed by atoms with Crippen LogP contribution in [0.1, 0.15) is 5.56 Å². The highest BCUT2D eigenvalue weighted by molar-refractivity contribution is 5.75. The third-order valence-corrected chi connectivity index (χ3v) is 2.17. The van der Waals surface area contributed by atoms with Gasteiger partial charge in [0.2, 0.25) is 6.29 Å².